The largest absolute Gasteiger partial charge is 0.401 e. The zero-order valence-electron chi connectivity index (χ0n) is 16.7. The van der Waals surface area contributed by atoms with Gasteiger partial charge in [0.1, 0.15) is 5.60 Å². The molecule has 2 saturated carbocycles. The van der Waals surface area contributed by atoms with E-state index in [1.54, 1.807) is 0 Å². The molecule has 0 saturated heterocycles. The number of fused-ring (bicyclic) bond motifs is 5. The Morgan fingerprint density at radius 2 is 2.00 bits per heavy atom. The minimum Gasteiger partial charge on any atom is -0.401 e. The third kappa shape index (κ3) is 2.60. The van der Waals surface area contributed by atoms with E-state index in [1.165, 1.54) is 18.4 Å². The first-order valence-electron chi connectivity index (χ1n) is 10.3. The van der Waals surface area contributed by atoms with Crippen molar-refractivity contribution in [1.82, 2.24) is 0 Å². The summed E-state index contributed by atoms with van der Waals surface area (Å²) in [6, 6.07) is 0. The van der Waals surface area contributed by atoms with Gasteiger partial charge in [-0.3, -0.25) is 4.79 Å². The fourth-order valence-electron chi connectivity index (χ4n) is 6.61. The highest BCUT2D eigenvalue weighted by Crippen LogP contribution is 2.64. The van der Waals surface area contributed by atoms with E-state index in [0.29, 0.717) is 29.5 Å². The van der Waals surface area contributed by atoms with E-state index in [-0.39, 0.29) is 11.0 Å². The minimum atomic E-state index is -1.73. The molecule has 0 aromatic carbocycles. The Hall–Kier alpha value is -1.11. The molecule has 140 valence electrons. The number of rotatable bonds is 2. The molecular weight excluding hydrogens is 336 g/mol. The number of carbonyl (C=O) groups excluding carboxylic acids is 1. The van der Waals surface area contributed by atoms with Gasteiger partial charge in [-0.15, -0.1) is 6.42 Å². The molecule has 4 aliphatic rings. The van der Waals surface area contributed by atoms with Crippen molar-refractivity contribution in [2.45, 2.75) is 70.7 Å². The minimum absolute atomic E-state index is 0.0687. The van der Waals surface area contributed by atoms with Gasteiger partial charge in [0.2, 0.25) is 0 Å². The number of terminal acetylenes is 1. The predicted molar refractivity (Wildman–Crippen MR) is 108 cm³/mol. The molecule has 3 heteroatoms. The summed E-state index contributed by atoms with van der Waals surface area (Å²) in [4.78, 5) is 11.8. The molecule has 0 radical (unpaired) electrons. The topological polar surface area (TPSA) is 26.3 Å². The van der Waals surface area contributed by atoms with Crippen molar-refractivity contribution in [1.29, 1.82) is 0 Å². The lowest BCUT2D eigenvalue weighted by atomic mass is 9.52. The number of carbonyl (C=O) groups is 1. The van der Waals surface area contributed by atoms with E-state index in [0.717, 1.165) is 25.7 Å². The molecular formula is C23H32O2Si. The summed E-state index contributed by atoms with van der Waals surface area (Å²) in [7, 11) is -1.73. The lowest BCUT2D eigenvalue weighted by molar-refractivity contribution is -0.115. The highest BCUT2D eigenvalue weighted by Gasteiger charge is 2.63. The van der Waals surface area contributed by atoms with Gasteiger partial charge in [0, 0.05) is 11.8 Å². The van der Waals surface area contributed by atoms with E-state index >= 15 is 0 Å². The summed E-state index contributed by atoms with van der Waals surface area (Å²) in [6.07, 6.45) is 19.0. The Balaban J connectivity index is 1.68. The van der Waals surface area contributed by atoms with Crippen molar-refractivity contribution < 1.29 is 9.22 Å². The maximum absolute atomic E-state index is 11.8. The molecule has 26 heavy (non-hydrogen) atoms. The van der Waals surface area contributed by atoms with Crippen LogP contribution < -0.4 is 0 Å². The Morgan fingerprint density at radius 3 is 2.69 bits per heavy atom. The molecule has 0 unspecified atom stereocenters. The fraction of sp³-hybridized carbons (Fsp3) is 0.696. The predicted octanol–water partition coefficient (Wildman–Crippen LogP) is 5.13. The maximum Gasteiger partial charge on any atom is 0.185 e. The van der Waals surface area contributed by atoms with Crippen molar-refractivity contribution in [3.8, 4) is 12.3 Å². The molecule has 2 nitrogen and oxygen atoms in total. The molecule has 4 aliphatic carbocycles. The molecule has 0 amide bonds. The van der Waals surface area contributed by atoms with Crippen LogP contribution in [0.4, 0.5) is 0 Å². The van der Waals surface area contributed by atoms with Crippen LogP contribution in [0.1, 0.15) is 45.4 Å². The van der Waals surface area contributed by atoms with Crippen LogP contribution in [0.25, 0.3) is 0 Å². The molecule has 0 aromatic rings. The lowest BCUT2D eigenvalue weighted by Gasteiger charge is -2.55. The summed E-state index contributed by atoms with van der Waals surface area (Å²) in [5.74, 6) is 5.91. The van der Waals surface area contributed by atoms with E-state index in [4.69, 9.17) is 10.8 Å². The van der Waals surface area contributed by atoms with Gasteiger partial charge in [-0.05, 0) is 87.1 Å². The van der Waals surface area contributed by atoms with Gasteiger partial charge in [0.25, 0.3) is 0 Å². The Bertz CT molecular complexity index is 721. The molecule has 0 aliphatic heterocycles. The molecule has 0 heterocycles. The number of hydrogen-bond acceptors (Lipinski definition) is 2. The molecule has 0 aromatic heterocycles. The smallest absolute Gasteiger partial charge is 0.185 e. The van der Waals surface area contributed by atoms with Crippen LogP contribution in [0.3, 0.4) is 0 Å². The third-order valence-corrected chi connectivity index (χ3v) is 8.66. The molecule has 4 rings (SSSR count). The molecule has 0 spiro atoms. The van der Waals surface area contributed by atoms with Crippen molar-refractivity contribution in [3.05, 3.63) is 23.8 Å². The van der Waals surface area contributed by atoms with Crippen LogP contribution in [0.5, 0.6) is 0 Å². The van der Waals surface area contributed by atoms with E-state index in [2.05, 4.69) is 44.6 Å². The Kier molecular flexibility index (Phi) is 4.17. The summed E-state index contributed by atoms with van der Waals surface area (Å²) in [6.45, 7) is 9.17. The van der Waals surface area contributed by atoms with E-state index in [1.807, 2.05) is 6.08 Å². The van der Waals surface area contributed by atoms with Crippen molar-refractivity contribution in [2.24, 2.45) is 29.1 Å². The summed E-state index contributed by atoms with van der Waals surface area (Å²) >= 11 is 0. The highest BCUT2D eigenvalue weighted by atomic mass is 28.4. The second-order valence-corrected chi connectivity index (χ2v) is 14.6. The summed E-state index contributed by atoms with van der Waals surface area (Å²) in [5.41, 5.74) is 0.962. The van der Waals surface area contributed by atoms with E-state index < -0.39 is 8.32 Å². The van der Waals surface area contributed by atoms with Crippen molar-refractivity contribution in [3.63, 3.8) is 0 Å². The lowest BCUT2D eigenvalue weighted by Crippen LogP contribution is -2.55. The third-order valence-electron chi connectivity index (χ3n) is 7.70. The quantitative estimate of drug-likeness (QED) is 0.499. The first-order valence-corrected chi connectivity index (χ1v) is 13.7. The van der Waals surface area contributed by atoms with Gasteiger partial charge in [-0.2, -0.15) is 0 Å². The van der Waals surface area contributed by atoms with Gasteiger partial charge in [0.05, 0.1) is 0 Å². The fourth-order valence-corrected chi connectivity index (χ4v) is 8.05. The monoisotopic (exact) mass is 368 g/mol. The van der Waals surface area contributed by atoms with Crippen LogP contribution in [-0.4, -0.2) is 19.7 Å². The molecule has 0 bridgehead atoms. The van der Waals surface area contributed by atoms with Gasteiger partial charge < -0.3 is 4.43 Å². The highest BCUT2D eigenvalue weighted by molar-refractivity contribution is 6.69. The molecule has 0 N–H and O–H groups in total. The van der Waals surface area contributed by atoms with Gasteiger partial charge in [-0.25, -0.2) is 0 Å². The zero-order valence-corrected chi connectivity index (χ0v) is 17.7. The van der Waals surface area contributed by atoms with Gasteiger partial charge in [-0.1, -0.05) is 25.0 Å². The van der Waals surface area contributed by atoms with E-state index in [9.17, 15) is 4.79 Å². The van der Waals surface area contributed by atoms with Crippen LogP contribution in [0.15, 0.2) is 23.8 Å². The number of ketones is 1. The van der Waals surface area contributed by atoms with Gasteiger partial charge in [0.15, 0.2) is 14.1 Å². The standard InChI is InChI=1S/C23H32O2Si/c1-6-23(25-26(3,4)5)14-12-21-20-9-7-16-15-17(24)8-10-18(16)19(20)11-13-22(21,23)2/h1,7,9,15,18-21H,8,10-14H2,2-5H3/t18-,19+,20+,21-,22-,23+/m0/s1. The summed E-state index contributed by atoms with van der Waals surface area (Å²) < 4.78 is 6.73. The summed E-state index contributed by atoms with van der Waals surface area (Å²) in [5, 5.41) is 0. The second kappa shape index (κ2) is 5.94. The second-order valence-electron chi connectivity index (χ2n) is 10.1. The zero-order chi connectivity index (χ0) is 18.7. The van der Waals surface area contributed by atoms with Crippen LogP contribution in [-0.2, 0) is 9.22 Å². The number of hydrogen-bond donors (Lipinski definition) is 0. The van der Waals surface area contributed by atoms with Crippen molar-refractivity contribution in [2.75, 3.05) is 0 Å². The first kappa shape index (κ1) is 18.3. The number of allylic oxidation sites excluding steroid dienone is 4. The molecule has 6 atom stereocenters. The Labute approximate surface area is 159 Å². The van der Waals surface area contributed by atoms with Crippen LogP contribution >= 0.6 is 0 Å². The maximum atomic E-state index is 11.8. The average molecular weight is 369 g/mol. The normalized spacial score (nSPS) is 44.6. The van der Waals surface area contributed by atoms with Crippen LogP contribution in [0, 0.1) is 41.4 Å². The Morgan fingerprint density at radius 1 is 1.23 bits per heavy atom. The molecule has 2 fully saturated rings. The first-order chi connectivity index (χ1) is 12.2. The van der Waals surface area contributed by atoms with Gasteiger partial charge >= 0.3 is 0 Å². The SMILES string of the molecule is C#C[C@@]1(O[Si](C)(C)C)CC[C@H]2[C@@H]3C=CC4=CC(=O)CC[C@@H]4[C@H]3CC[C@@]21C. The van der Waals surface area contributed by atoms with Crippen LogP contribution in [0.2, 0.25) is 19.6 Å². The van der Waals surface area contributed by atoms with Crippen molar-refractivity contribution >= 4 is 14.1 Å². The average Bonchev–Trinajstić information content (AvgIpc) is 2.86.